The van der Waals surface area contributed by atoms with Gasteiger partial charge >= 0.3 is 19.8 Å². The van der Waals surface area contributed by atoms with E-state index >= 15 is 0 Å². The van der Waals surface area contributed by atoms with E-state index in [1.54, 1.807) is 0 Å². The molecule has 21 heavy (non-hydrogen) atoms. The molecule has 0 heterocycles. The van der Waals surface area contributed by atoms with Gasteiger partial charge in [-0.3, -0.25) is 18.6 Å². The Kier molecular flexibility index (Phi) is 11.2. The number of carbonyl (C=O) groups excluding carboxylic acids is 2. The normalized spacial score (nSPS) is 11.2. The van der Waals surface area contributed by atoms with Crippen LogP contribution >= 0.6 is 7.82 Å². The molecule has 0 aliphatic rings. The number of esters is 2. The average molecular weight is 326 g/mol. The van der Waals surface area contributed by atoms with E-state index in [0.717, 1.165) is 0 Å². The van der Waals surface area contributed by atoms with Crippen molar-refractivity contribution in [3.8, 4) is 0 Å². The van der Waals surface area contributed by atoms with E-state index in [9.17, 15) is 19.0 Å². The van der Waals surface area contributed by atoms with Crippen LogP contribution in [-0.2, 0) is 32.7 Å². The molecule has 8 nitrogen and oxygen atoms in total. The van der Waals surface area contributed by atoms with E-state index in [2.05, 4.69) is 9.05 Å². The SMILES string of the molecule is CCCC(=O)OCCOP(=O)(O)OCCOC(=O)CCC. The van der Waals surface area contributed by atoms with Crippen LogP contribution in [0.5, 0.6) is 0 Å². The molecule has 0 saturated carbocycles. The average Bonchev–Trinajstić information content (AvgIpc) is 2.41. The van der Waals surface area contributed by atoms with Gasteiger partial charge in [0, 0.05) is 12.8 Å². The standard InChI is InChI=1S/C12H23O8P/c1-3-5-11(13)17-7-9-19-21(15,16)20-10-8-18-12(14)6-4-2/h3-10H2,1-2H3,(H,15,16). The van der Waals surface area contributed by atoms with E-state index in [1.165, 1.54) is 0 Å². The molecular formula is C12H23O8P. The van der Waals surface area contributed by atoms with Crippen LogP contribution in [0.15, 0.2) is 0 Å². The monoisotopic (exact) mass is 326 g/mol. The van der Waals surface area contributed by atoms with Crippen molar-refractivity contribution in [1.29, 1.82) is 0 Å². The van der Waals surface area contributed by atoms with Gasteiger partial charge in [-0.2, -0.15) is 0 Å². The highest BCUT2D eigenvalue weighted by atomic mass is 31.2. The Hall–Kier alpha value is -0.950. The van der Waals surface area contributed by atoms with Crippen molar-refractivity contribution in [2.45, 2.75) is 39.5 Å². The minimum Gasteiger partial charge on any atom is -0.463 e. The van der Waals surface area contributed by atoms with Gasteiger partial charge in [-0.15, -0.1) is 0 Å². The first-order chi connectivity index (χ1) is 9.91. The van der Waals surface area contributed by atoms with Crippen LogP contribution in [0.2, 0.25) is 0 Å². The van der Waals surface area contributed by atoms with Crippen LogP contribution < -0.4 is 0 Å². The molecule has 9 heteroatoms. The van der Waals surface area contributed by atoms with E-state index in [4.69, 9.17) is 9.47 Å². The van der Waals surface area contributed by atoms with Crippen molar-refractivity contribution in [1.82, 2.24) is 0 Å². The Morgan fingerprint density at radius 1 is 0.857 bits per heavy atom. The van der Waals surface area contributed by atoms with E-state index < -0.39 is 19.8 Å². The topological polar surface area (TPSA) is 108 Å². The third-order valence-electron chi connectivity index (χ3n) is 2.11. The lowest BCUT2D eigenvalue weighted by Gasteiger charge is -2.12. The summed E-state index contributed by atoms with van der Waals surface area (Å²) in [4.78, 5) is 31.3. The predicted molar refractivity (Wildman–Crippen MR) is 73.5 cm³/mol. The highest BCUT2D eigenvalue weighted by Gasteiger charge is 2.21. The molecule has 0 saturated heterocycles. The molecule has 0 spiro atoms. The van der Waals surface area contributed by atoms with Gasteiger partial charge in [-0.1, -0.05) is 13.8 Å². The van der Waals surface area contributed by atoms with Gasteiger partial charge in [0.2, 0.25) is 0 Å². The van der Waals surface area contributed by atoms with Crippen LogP contribution in [-0.4, -0.2) is 43.3 Å². The smallest absolute Gasteiger partial charge is 0.463 e. The first-order valence-electron chi connectivity index (χ1n) is 6.84. The fraction of sp³-hybridized carbons (Fsp3) is 0.833. The highest BCUT2D eigenvalue weighted by Crippen LogP contribution is 2.42. The second-order valence-electron chi connectivity index (χ2n) is 4.08. The van der Waals surface area contributed by atoms with E-state index in [1.807, 2.05) is 13.8 Å². The summed E-state index contributed by atoms with van der Waals surface area (Å²) in [5.74, 6) is -0.782. The van der Waals surface area contributed by atoms with Gasteiger partial charge in [0.05, 0.1) is 13.2 Å². The maximum Gasteiger partial charge on any atom is 0.472 e. The second kappa shape index (κ2) is 11.7. The van der Waals surface area contributed by atoms with Gasteiger partial charge in [-0.05, 0) is 12.8 Å². The summed E-state index contributed by atoms with van der Waals surface area (Å²) < 4.78 is 30.0. The molecule has 0 aromatic carbocycles. The molecule has 0 aromatic heterocycles. The minimum absolute atomic E-state index is 0.127. The molecule has 0 aromatic rings. The van der Waals surface area contributed by atoms with Crippen molar-refractivity contribution in [2.24, 2.45) is 0 Å². The van der Waals surface area contributed by atoms with Crippen molar-refractivity contribution in [3.63, 3.8) is 0 Å². The van der Waals surface area contributed by atoms with Gasteiger partial charge < -0.3 is 14.4 Å². The van der Waals surface area contributed by atoms with Gasteiger partial charge in [0.1, 0.15) is 13.2 Å². The zero-order valence-corrected chi connectivity index (χ0v) is 13.3. The molecular weight excluding hydrogens is 303 g/mol. The van der Waals surface area contributed by atoms with Crippen molar-refractivity contribution in [2.75, 3.05) is 26.4 Å². The Labute approximate surface area is 124 Å². The third kappa shape index (κ3) is 12.5. The molecule has 0 unspecified atom stereocenters. The number of rotatable bonds is 12. The van der Waals surface area contributed by atoms with Crippen LogP contribution in [0.3, 0.4) is 0 Å². The lowest BCUT2D eigenvalue weighted by atomic mass is 10.3. The molecule has 0 fully saturated rings. The first kappa shape index (κ1) is 20.1. The molecule has 0 aliphatic heterocycles. The summed E-state index contributed by atoms with van der Waals surface area (Å²) in [6.45, 7) is 2.91. The number of hydrogen-bond acceptors (Lipinski definition) is 7. The molecule has 0 bridgehead atoms. The summed E-state index contributed by atoms with van der Waals surface area (Å²) >= 11 is 0. The fourth-order valence-corrected chi connectivity index (χ4v) is 1.89. The van der Waals surface area contributed by atoms with Crippen LogP contribution in [0.25, 0.3) is 0 Å². The number of ether oxygens (including phenoxy) is 2. The number of phosphoric ester groups is 1. The maximum atomic E-state index is 11.4. The molecule has 0 amide bonds. The lowest BCUT2D eigenvalue weighted by Crippen LogP contribution is -2.12. The second-order valence-corrected chi connectivity index (χ2v) is 5.53. The Bertz CT molecular complexity index is 327. The summed E-state index contributed by atoms with van der Waals surface area (Å²) in [7, 11) is -4.23. The van der Waals surface area contributed by atoms with Crippen LogP contribution in [0, 0.1) is 0 Å². The molecule has 1 N–H and O–H groups in total. The Morgan fingerprint density at radius 2 is 1.24 bits per heavy atom. The predicted octanol–water partition coefficient (Wildman–Crippen LogP) is 1.81. The Morgan fingerprint density at radius 3 is 1.57 bits per heavy atom. The minimum atomic E-state index is -4.23. The number of hydrogen-bond donors (Lipinski definition) is 1. The van der Waals surface area contributed by atoms with Gasteiger partial charge in [0.25, 0.3) is 0 Å². The maximum absolute atomic E-state index is 11.4. The summed E-state index contributed by atoms with van der Waals surface area (Å²) in [5, 5.41) is 0. The number of phosphoric acid groups is 1. The molecule has 0 radical (unpaired) electrons. The zero-order chi connectivity index (χ0) is 16.1. The molecule has 0 atom stereocenters. The van der Waals surface area contributed by atoms with Crippen molar-refractivity contribution >= 4 is 19.8 Å². The molecule has 0 rings (SSSR count). The van der Waals surface area contributed by atoms with E-state index in [-0.39, 0.29) is 39.3 Å². The quantitative estimate of drug-likeness (QED) is 0.328. The molecule has 0 aliphatic carbocycles. The summed E-state index contributed by atoms with van der Waals surface area (Å²) in [6.07, 6.45) is 1.91. The third-order valence-corrected chi connectivity index (χ3v) is 3.13. The first-order valence-corrected chi connectivity index (χ1v) is 8.34. The van der Waals surface area contributed by atoms with Gasteiger partial charge in [-0.25, -0.2) is 4.57 Å². The van der Waals surface area contributed by atoms with Crippen LogP contribution in [0.1, 0.15) is 39.5 Å². The van der Waals surface area contributed by atoms with E-state index in [0.29, 0.717) is 12.8 Å². The lowest BCUT2D eigenvalue weighted by molar-refractivity contribution is -0.144. The molecule has 124 valence electrons. The largest absolute Gasteiger partial charge is 0.472 e. The van der Waals surface area contributed by atoms with Crippen molar-refractivity contribution < 1.29 is 37.6 Å². The highest BCUT2D eigenvalue weighted by molar-refractivity contribution is 7.47. The fourth-order valence-electron chi connectivity index (χ4n) is 1.21. The number of carbonyl (C=O) groups is 2. The Balaban J connectivity index is 3.67. The summed E-state index contributed by atoms with van der Waals surface area (Å²) in [5.41, 5.74) is 0. The van der Waals surface area contributed by atoms with Gasteiger partial charge in [0.15, 0.2) is 0 Å². The van der Waals surface area contributed by atoms with Crippen molar-refractivity contribution in [3.05, 3.63) is 0 Å². The summed E-state index contributed by atoms with van der Waals surface area (Å²) in [6, 6.07) is 0. The zero-order valence-electron chi connectivity index (χ0n) is 12.4. The van der Waals surface area contributed by atoms with Crippen LogP contribution in [0.4, 0.5) is 0 Å².